The molecule has 0 saturated carbocycles. The third kappa shape index (κ3) is 3.77. The van der Waals surface area contributed by atoms with Crippen LogP contribution in [-0.4, -0.2) is 34.7 Å². The van der Waals surface area contributed by atoms with E-state index in [0.29, 0.717) is 11.1 Å². The maximum absolute atomic E-state index is 13.2. The molecule has 8 nitrogen and oxygen atoms in total. The summed E-state index contributed by atoms with van der Waals surface area (Å²) in [5.74, 6) is -3.23. The number of halogens is 1. The van der Waals surface area contributed by atoms with Crippen LogP contribution in [0.3, 0.4) is 0 Å². The Balaban J connectivity index is 0.000000152. The molecule has 0 atom stereocenters. The van der Waals surface area contributed by atoms with Gasteiger partial charge in [0.15, 0.2) is 46.2 Å². The van der Waals surface area contributed by atoms with Gasteiger partial charge in [-0.3, -0.25) is 28.8 Å². The molecule has 0 saturated heterocycles. The summed E-state index contributed by atoms with van der Waals surface area (Å²) >= 11 is 0. The summed E-state index contributed by atoms with van der Waals surface area (Å²) in [5, 5.41) is 0. The first-order valence-electron chi connectivity index (χ1n) is 11.0. The zero-order valence-corrected chi connectivity index (χ0v) is 19.3. The van der Waals surface area contributed by atoms with Gasteiger partial charge < -0.3 is 8.83 Å². The number of hydrogen-bond acceptors (Lipinski definition) is 8. The van der Waals surface area contributed by atoms with Crippen LogP contribution >= 0.6 is 0 Å². The van der Waals surface area contributed by atoms with Crippen molar-refractivity contribution in [3.05, 3.63) is 117 Å². The molecule has 182 valence electrons. The van der Waals surface area contributed by atoms with Gasteiger partial charge in [-0.05, 0) is 30.3 Å². The lowest BCUT2D eigenvalue weighted by atomic mass is 9.88. The first-order valence-corrected chi connectivity index (χ1v) is 11.0. The van der Waals surface area contributed by atoms with Gasteiger partial charge in [-0.2, -0.15) is 0 Å². The molecule has 2 aliphatic carbocycles. The summed E-state index contributed by atoms with van der Waals surface area (Å²) in [4.78, 5) is 71.0. The van der Waals surface area contributed by atoms with Crippen molar-refractivity contribution in [3.8, 4) is 0 Å². The minimum Gasteiger partial charge on any atom is -0.449 e. The number of hydrogen-bond donors (Lipinski definition) is 0. The summed E-state index contributed by atoms with van der Waals surface area (Å²) < 4.78 is 23.4. The van der Waals surface area contributed by atoms with Gasteiger partial charge in [0.05, 0.1) is 11.1 Å². The number of benzene rings is 2. The summed E-state index contributed by atoms with van der Waals surface area (Å²) in [6.07, 6.45) is 0. The normalized spacial score (nSPS) is 13.2. The first-order chi connectivity index (χ1) is 17.6. The van der Waals surface area contributed by atoms with Gasteiger partial charge in [0, 0.05) is 36.1 Å². The van der Waals surface area contributed by atoms with Crippen LogP contribution in [-0.2, 0) is 0 Å². The Morgan fingerprint density at radius 3 is 1.49 bits per heavy atom. The molecule has 0 N–H and O–H groups in total. The Bertz CT molecular complexity index is 1660. The highest BCUT2D eigenvalue weighted by Crippen LogP contribution is 2.31. The molecule has 6 rings (SSSR count). The standard InChI is InChI=1S/C14H7FO4.C14H8O4/c1-6(16)11-5-10-12(17)8-3-2-7(15)4-9(8)13(18)14(10)19-11;1-7(15)11-6-10-12(16)8-4-2-3-5-9(8)13(17)14(10)18-11/h2-5H,1H3;2-6H,1H3. The fourth-order valence-electron chi connectivity index (χ4n) is 4.12. The molecule has 0 bridgehead atoms. The number of carbonyl (C=O) groups is 6. The van der Waals surface area contributed by atoms with Crippen LogP contribution in [0.4, 0.5) is 4.39 Å². The molecular formula is C28H15FO8. The fourth-order valence-corrected chi connectivity index (χ4v) is 4.12. The Labute approximate surface area is 207 Å². The maximum Gasteiger partial charge on any atom is 0.229 e. The van der Waals surface area contributed by atoms with Crippen LogP contribution in [0.25, 0.3) is 0 Å². The summed E-state index contributed by atoms with van der Waals surface area (Å²) in [5.41, 5.74) is 0.973. The lowest BCUT2D eigenvalue weighted by Gasteiger charge is -2.12. The van der Waals surface area contributed by atoms with Crippen LogP contribution in [0.2, 0.25) is 0 Å². The van der Waals surface area contributed by atoms with E-state index in [1.807, 2.05) is 0 Å². The minimum absolute atomic E-state index is 0.0366. The van der Waals surface area contributed by atoms with E-state index in [1.54, 1.807) is 24.3 Å². The number of furan rings is 2. The van der Waals surface area contributed by atoms with Gasteiger partial charge in [0.2, 0.25) is 11.6 Å². The predicted octanol–water partition coefficient (Wildman–Crippen LogP) is 4.65. The first kappa shape index (κ1) is 23.7. The lowest BCUT2D eigenvalue weighted by Crippen LogP contribution is -2.19. The van der Waals surface area contributed by atoms with Gasteiger partial charge in [-0.15, -0.1) is 0 Å². The van der Waals surface area contributed by atoms with Crippen LogP contribution < -0.4 is 0 Å². The van der Waals surface area contributed by atoms with Gasteiger partial charge in [-0.25, -0.2) is 4.39 Å². The Morgan fingerprint density at radius 1 is 0.568 bits per heavy atom. The third-order valence-corrected chi connectivity index (χ3v) is 5.95. The number of fused-ring (bicyclic) bond motifs is 4. The summed E-state index contributed by atoms with van der Waals surface area (Å²) in [6.45, 7) is 2.60. The van der Waals surface area contributed by atoms with Crippen molar-refractivity contribution in [2.75, 3.05) is 0 Å². The molecule has 2 aliphatic rings. The largest absolute Gasteiger partial charge is 0.449 e. The molecule has 0 spiro atoms. The van der Waals surface area contributed by atoms with Gasteiger partial charge in [0.1, 0.15) is 5.82 Å². The second-order valence-electron chi connectivity index (χ2n) is 8.37. The molecule has 2 aromatic carbocycles. The fraction of sp³-hybridized carbons (Fsp3) is 0.0714. The Hall–Kier alpha value is -5.05. The molecule has 0 unspecified atom stereocenters. The van der Waals surface area contributed by atoms with E-state index in [0.717, 1.165) is 12.1 Å². The van der Waals surface area contributed by atoms with E-state index < -0.39 is 17.4 Å². The topological polar surface area (TPSA) is 129 Å². The summed E-state index contributed by atoms with van der Waals surface area (Å²) in [6, 6.07) is 12.5. The van der Waals surface area contributed by atoms with Gasteiger partial charge in [0.25, 0.3) is 0 Å². The molecule has 0 fully saturated rings. The highest BCUT2D eigenvalue weighted by Gasteiger charge is 2.35. The monoisotopic (exact) mass is 498 g/mol. The molecule has 2 aromatic heterocycles. The molecule has 0 amide bonds. The van der Waals surface area contributed by atoms with Crippen LogP contribution in [0.5, 0.6) is 0 Å². The average Bonchev–Trinajstić information content (AvgIpc) is 3.53. The van der Waals surface area contributed by atoms with E-state index in [9.17, 15) is 33.2 Å². The zero-order chi connectivity index (χ0) is 26.6. The number of carbonyl (C=O) groups excluding carboxylic acids is 6. The van der Waals surface area contributed by atoms with Gasteiger partial charge in [-0.1, -0.05) is 24.3 Å². The Morgan fingerprint density at radius 2 is 1.00 bits per heavy atom. The molecule has 9 heteroatoms. The van der Waals surface area contributed by atoms with Crippen molar-refractivity contribution in [1.82, 2.24) is 0 Å². The van der Waals surface area contributed by atoms with Crippen molar-refractivity contribution in [2.45, 2.75) is 13.8 Å². The van der Waals surface area contributed by atoms with E-state index in [-0.39, 0.29) is 68.4 Å². The number of rotatable bonds is 2. The predicted molar refractivity (Wildman–Crippen MR) is 124 cm³/mol. The SMILES string of the molecule is CC(=O)c1cc2c(o1)C(=O)c1cc(F)ccc1C2=O.CC(=O)c1cc2c(o1)C(=O)c1ccccc1C2=O. The molecule has 0 aliphatic heterocycles. The summed E-state index contributed by atoms with van der Waals surface area (Å²) in [7, 11) is 0. The van der Waals surface area contributed by atoms with Gasteiger partial charge >= 0.3 is 0 Å². The van der Waals surface area contributed by atoms with Crippen LogP contribution in [0, 0.1) is 5.82 Å². The van der Waals surface area contributed by atoms with Crippen molar-refractivity contribution < 1.29 is 42.0 Å². The maximum atomic E-state index is 13.2. The second kappa shape index (κ2) is 8.56. The third-order valence-electron chi connectivity index (χ3n) is 5.95. The quantitative estimate of drug-likeness (QED) is 0.316. The Kier molecular flexibility index (Phi) is 5.48. The van der Waals surface area contributed by atoms with E-state index in [4.69, 9.17) is 8.83 Å². The lowest BCUT2D eigenvalue weighted by molar-refractivity contribution is 0.0943. The van der Waals surface area contributed by atoms with E-state index in [2.05, 4.69) is 0 Å². The van der Waals surface area contributed by atoms with Crippen molar-refractivity contribution in [1.29, 1.82) is 0 Å². The molecule has 2 heterocycles. The molecular weight excluding hydrogens is 483 g/mol. The minimum atomic E-state index is -0.610. The molecule has 4 aromatic rings. The highest BCUT2D eigenvalue weighted by atomic mass is 19.1. The second-order valence-corrected chi connectivity index (χ2v) is 8.37. The van der Waals surface area contributed by atoms with E-state index in [1.165, 1.54) is 32.0 Å². The number of ketones is 6. The van der Waals surface area contributed by atoms with Crippen molar-refractivity contribution in [2.24, 2.45) is 0 Å². The average molecular weight is 498 g/mol. The number of Topliss-reactive ketones (excluding diaryl/α,β-unsaturated/α-hetero) is 2. The molecule has 0 radical (unpaired) electrons. The van der Waals surface area contributed by atoms with Crippen LogP contribution in [0.1, 0.15) is 99.0 Å². The highest BCUT2D eigenvalue weighted by molar-refractivity contribution is 6.28. The zero-order valence-electron chi connectivity index (χ0n) is 19.3. The smallest absolute Gasteiger partial charge is 0.229 e. The van der Waals surface area contributed by atoms with E-state index >= 15 is 0 Å². The van der Waals surface area contributed by atoms with Crippen molar-refractivity contribution in [3.63, 3.8) is 0 Å². The van der Waals surface area contributed by atoms with Crippen molar-refractivity contribution >= 4 is 34.7 Å². The molecule has 37 heavy (non-hydrogen) atoms. The van der Waals surface area contributed by atoms with Crippen LogP contribution in [0.15, 0.2) is 63.4 Å².